The van der Waals surface area contributed by atoms with Gasteiger partial charge in [-0.3, -0.25) is 25.7 Å². The van der Waals surface area contributed by atoms with Crippen molar-refractivity contribution in [1.82, 2.24) is 0 Å². The summed E-state index contributed by atoms with van der Waals surface area (Å²) in [6, 6.07) is 16.3. The lowest BCUT2D eigenvalue weighted by Crippen LogP contribution is -2.10. The van der Waals surface area contributed by atoms with Gasteiger partial charge in [0.2, 0.25) is 0 Å². The molecule has 0 saturated heterocycles. The highest BCUT2D eigenvalue weighted by Crippen LogP contribution is 2.30. The molecule has 3 aromatic carbocycles. The first-order valence-corrected chi connectivity index (χ1v) is 9.25. The molecular formula is C21H17ClN4O4. The third kappa shape index (κ3) is 4.44. The van der Waals surface area contributed by atoms with Gasteiger partial charge in [0.1, 0.15) is 5.69 Å². The van der Waals surface area contributed by atoms with Crippen LogP contribution in [0.5, 0.6) is 0 Å². The number of hydrogen-bond donors (Lipinski definition) is 1. The minimum atomic E-state index is -0.697. The second-order valence-electron chi connectivity index (χ2n) is 6.59. The zero-order valence-electron chi connectivity index (χ0n) is 16.1. The summed E-state index contributed by atoms with van der Waals surface area (Å²) in [5.74, 6) is 0. The number of anilines is 1. The quantitative estimate of drug-likeness (QED) is 0.313. The fourth-order valence-electron chi connectivity index (χ4n) is 2.99. The Morgan fingerprint density at radius 1 is 0.933 bits per heavy atom. The van der Waals surface area contributed by atoms with Crippen LogP contribution >= 0.6 is 11.6 Å². The Bertz CT molecular complexity index is 1180. The number of nitrogens with one attached hydrogen (secondary N) is 1. The Morgan fingerprint density at radius 2 is 1.67 bits per heavy atom. The summed E-state index contributed by atoms with van der Waals surface area (Å²) in [5, 5.41) is 27.2. The van der Waals surface area contributed by atoms with Gasteiger partial charge < -0.3 is 0 Å². The first-order valence-electron chi connectivity index (χ1n) is 8.87. The molecule has 0 aliphatic heterocycles. The summed E-state index contributed by atoms with van der Waals surface area (Å²) in [7, 11) is 0. The monoisotopic (exact) mass is 424 g/mol. The molecule has 9 heteroatoms. The molecule has 0 fully saturated rings. The van der Waals surface area contributed by atoms with E-state index >= 15 is 0 Å². The molecular weight excluding hydrogens is 408 g/mol. The Hall–Kier alpha value is -3.78. The van der Waals surface area contributed by atoms with Crippen molar-refractivity contribution in [3.05, 3.63) is 108 Å². The number of aryl methyl sites for hydroxylation is 2. The molecule has 0 unspecified atom stereocenters. The van der Waals surface area contributed by atoms with Crippen LogP contribution in [-0.2, 0) is 0 Å². The molecule has 8 nitrogen and oxygen atoms in total. The van der Waals surface area contributed by atoms with E-state index in [0.717, 1.165) is 22.8 Å². The van der Waals surface area contributed by atoms with Gasteiger partial charge in [0.25, 0.3) is 5.69 Å². The van der Waals surface area contributed by atoms with Gasteiger partial charge in [-0.15, -0.1) is 0 Å². The second kappa shape index (κ2) is 8.71. The first-order chi connectivity index (χ1) is 14.3. The maximum absolute atomic E-state index is 11.4. The SMILES string of the molecule is Cc1ccc(C(=NNc2ccc([N+](=O)[O-])cc2[N+](=O)[O-])c2ccccc2Cl)c(C)c1. The van der Waals surface area contributed by atoms with Crippen LogP contribution in [0, 0.1) is 34.1 Å². The van der Waals surface area contributed by atoms with Crippen molar-refractivity contribution in [2.75, 3.05) is 5.43 Å². The van der Waals surface area contributed by atoms with E-state index in [1.807, 2.05) is 38.1 Å². The van der Waals surface area contributed by atoms with Crippen LogP contribution in [0.25, 0.3) is 0 Å². The molecule has 0 spiro atoms. The molecule has 3 rings (SSSR count). The average Bonchev–Trinajstić information content (AvgIpc) is 2.70. The van der Waals surface area contributed by atoms with Gasteiger partial charge in [-0.1, -0.05) is 53.6 Å². The molecule has 1 N–H and O–H groups in total. The van der Waals surface area contributed by atoms with E-state index in [0.29, 0.717) is 16.3 Å². The maximum atomic E-state index is 11.4. The second-order valence-corrected chi connectivity index (χ2v) is 6.99. The summed E-state index contributed by atoms with van der Waals surface area (Å²) in [5.41, 5.74) is 5.85. The van der Waals surface area contributed by atoms with Crippen LogP contribution < -0.4 is 5.43 Å². The number of hydrogen-bond acceptors (Lipinski definition) is 6. The lowest BCUT2D eigenvalue weighted by molar-refractivity contribution is -0.393. The summed E-state index contributed by atoms with van der Waals surface area (Å²) in [6.07, 6.45) is 0. The van der Waals surface area contributed by atoms with Gasteiger partial charge in [0.05, 0.1) is 26.6 Å². The topological polar surface area (TPSA) is 111 Å². The molecule has 0 atom stereocenters. The summed E-state index contributed by atoms with van der Waals surface area (Å²) >= 11 is 6.38. The minimum Gasteiger partial charge on any atom is -0.271 e. The van der Waals surface area contributed by atoms with Gasteiger partial charge in [0.15, 0.2) is 0 Å². The molecule has 3 aromatic rings. The first kappa shape index (κ1) is 20.9. The Morgan fingerprint density at radius 3 is 2.30 bits per heavy atom. The Kier molecular flexibility index (Phi) is 6.08. The van der Waals surface area contributed by atoms with Gasteiger partial charge in [-0.05, 0) is 31.5 Å². The van der Waals surface area contributed by atoms with Crippen molar-refractivity contribution in [2.45, 2.75) is 13.8 Å². The molecule has 0 aliphatic rings. The predicted octanol–water partition coefficient (Wildman–Crippen LogP) is 5.64. The van der Waals surface area contributed by atoms with Crippen LogP contribution in [0.15, 0.2) is 65.8 Å². The fourth-order valence-corrected chi connectivity index (χ4v) is 3.22. The number of hydrazone groups is 1. The van der Waals surface area contributed by atoms with E-state index in [9.17, 15) is 20.2 Å². The van der Waals surface area contributed by atoms with E-state index in [-0.39, 0.29) is 11.4 Å². The predicted molar refractivity (Wildman–Crippen MR) is 116 cm³/mol. The van der Waals surface area contributed by atoms with E-state index in [1.165, 1.54) is 12.1 Å². The average molecular weight is 425 g/mol. The number of nitro benzene ring substituents is 2. The van der Waals surface area contributed by atoms with Crippen LogP contribution in [0.2, 0.25) is 5.02 Å². The highest BCUT2D eigenvalue weighted by Gasteiger charge is 2.20. The van der Waals surface area contributed by atoms with Crippen LogP contribution in [0.4, 0.5) is 17.1 Å². The third-order valence-corrected chi connectivity index (χ3v) is 4.77. The normalized spacial score (nSPS) is 11.2. The molecule has 0 heterocycles. The fraction of sp³-hybridized carbons (Fsp3) is 0.0952. The minimum absolute atomic E-state index is 0.0277. The van der Waals surface area contributed by atoms with Crippen LogP contribution in [-0.4, -0.2) is 15.6 Å². The number of nitro groups is 2. The third-order valence-electron chi connectivity index (χ3n) is 4.44. The number of halogens is 1. The van der Waals surface area contributed by atoms with E-state index in [2.05, 4.69) is 10.5 Å². The molecule has 152 valence electrons. The summed E-state index contributed by atoms with van der Waals surface area (Å²) in [4.78, 5) is 21.0. The van der Waals surface area contributed by atoms with Crippen LogP contribution in [0.1, 0.15) is 22.3 Å². The van der Waals surface area contributed by atoms with Crippen molar-refractivity contribution in [2.24, 2.45) is 5.10 Å². The molecule has 0 amide bonds. The van der Waals surface area contributed by atoms with E-state index < -0.39 is 15.5 Å². The van der Waals surface area contributed by atoms with Crippen molar-refractivity contribution < 1.29 is 9.85 Å². The standard InChI is InChI=1S/C21H17ClN4O4/c1-13-7-9-16(14(2)11-13)21(17-5-3-4-6-18(17)22)24-23-19-10-8-15(25(27)28)12-20(19)26(29)30/h3-12,23H,1-2H3. The molecule has 0 saturated carbocycles. The zero-order valence-corrected chi connectivity index (χ0v) is 16.9. The molecule has 0 radical (unpaired) electrons. The van der Waals surface area contributed by atoms with E-state index in [4.69, 9.17) is 11.6 Å². The largest absolute Gasteiger partial charge is 0.301 e. The van der Waals surface area contributed by atoms with E-state index in [1.54, 1.807) is 18.2 Å². The molecule has 30 heavy (non-hydrogen) atoms. The summed E-state index contributed by atoms with van der Waals surface area (Å²) < 4.78 is 0. The highest BCUT2D eigenvalue weighted by molar-refractivity contribution is 6.35. The summed E-state index contributed by atoms with van der Waals surface area (Å²) in [6.45, 7) is 3.91. The van der Waals surface area contributed by atoms with Gasteiger partial charge in [-0.25, -0.2) is 0 Å². The maximum Gasteiger partial charge on any atom is 0.301 e. The highest BCUT2D eigenvalue weighted by atomic mass is 35.5. The number of benzene rings is 3. The lowest BCUT2D eigenvalue weighted by atomic mass is 9.97. The smallest absolute Gasteiger partial charge is 0.271 e. The van der Waals surface area contributed by atoms with Crippen molar-refractivity contribution in [3.8, 4) is 0 Å². The van der Waals surface area contributed by atoms with Crippen molar-refractivity contribution in [1.29, 1.82) is 0 Å². The molecule has 0 aromatic heterocycles. The number of nitrogens with zero attached hydrogens (tertiary/aromatic N) is 3. The van der Waals surface area contributed by atoms with Gasteiger partial charge >= 0.3 is 5.69 Å². The molecule has 0 bridgehead atoms. The van der Waals surface area contributed by atoms with Crippen LogP contribution in [0.3, 0.4) is 0 Å². The van der Waals surface area contributed by atoms with Gasteiger partial charge in [0, 0.05) is 17.2 Å². The molecule has 0 aliphatic carbocycles. The Balaban J connectivity index is 2.13. The lowest BCUT2D eigenvalue weighted by Gasteiger charge is -2.13. The zero-order chi connectivity index (χ0) is 21.8. The Labute approximate surface area is 177 Å². The van der Waals surface area contributed by atoms with Crippen molar-refractivity contribution in [3.63, 3.8) is 0 Å². The van der Waals surface area contributed by atoms with Crippen molar-refractivity contribution >= 4 is 34.4 Å². The van der Waals surface area contributed by atoms with Gasteiger partial charge in [-0.2, -0.15) is 5.10 Å². The number of non-ortho nitro benzene ring substituents is 1. The number of rotatable bonds is 6.